The molecule has 0 aliphatic rings. The van der Waals surface area contributed by atoms with Gasteiger partial charge in [-0.15, -0.1) is 0 Å². The lowest BCUT2D eigenvalue weighted by Gasteiger charge is -2.11. The van der Waals surface area contributed by atoms with E-state index in [9.17, 15) is 0 Å². The molecule has 0 aromatic heterocycles. The van der Waals surface area contributed by atoms with Crippen LogP contribution in [0.2, 0.25) is 0 Å². The quantitative estimate of drug-likeness (QED) is 0.814. The van der Waals surface area contributed by atoms with Gasteiger partial charge >= 0.3 is 0 Å². The van der Waals surface area contributed by atoms with Gasteiger partial charge in [-0.3, -0.25) is 0 Å². The van der Waals surface area contributed by atoms with Gasteiger partial charge in [-0.05, 0) is 37.1 Å². The molecule has 2 aromatic carbocycles. The second-order valence-electron chi connectivity index (χ2n) is 4.18. The van der Waals surface area contributed by atoms with E-state index >= 15 is 0 Å². The lowest BCUT2D eigenvalue weighted by molar-refractivity contribution is 0.477. The van der Waals surface area contributed by atoms with Gasteiger partial charge in [0.05, 0.1) is 5.56 Å². The van der Waals surface area contributed by atoms with E-state index in [4.69, 9.17) is 15.7 Å². The third-order valence-electron chi connectivity index (χ3n) is 2.80. The minimum absolute atomic E-state index is 0.522. The number of aryl methyl sites for hydroxylation is 2. The van der Waals surface area contributed by atoms with Crippen LogP contribution in [-0.4, -0.2) is 0 Å². The predicted molar refractivity (Wildman–Crippen MR) is 71.6 cm³/mol. The number of nitrogen functional groups attached to an aromatic ring is 1. The molecule has 0 fully saturated rings. The summed E-state index contributed by atoms with van der Waals surface area (Å²) in [5.74, 6) is 1.23. The molecule has 0 atom stereocenters. The van der Waals surface area contributed by atoms with Crippen molar-refractivity contribution in [2.75, 3.05) is 5.73 Å². The number of nitrogens with two attached hydrogens (primary N) is 1. The van der Waals surface area contributed by atoms with Gasteiger partial charge in [0.25, 0.3) is 0 Å². The van der Waals surface area contributed by atoms with Crippen LogP contribution in [0.1, 0.15) is 16.7 Å². The van der Waals surface area contributed by atoms with Crippen LogP contribution in [0, 0.1) is 25.2 Å². The summed E-state index contributed by atoms with van der Waals surface area (Å²) >= 11 is 0. The van der Waals surface area contributed by atoms with Crippen LogP contribution in [-0.2, 0) is 0 Å². The van der Waals surface area contributed by atoms with Crippen LogP contribution in [0.5, 0.6) is 11.5 Å². The SMILES string of the molecule is Cc1ccc(Oc2c(C)cccc2C#N)cc1N. The standard InChI is InChI=1S/C15H14N2O/c1-10-6-7-13(8-14(10)17)18-15-11(2)4-3-5-12(15)9-16/h3-8H,17H2,1-2H3. The molecule has 0 saturated carbocycles. The maximum atomic E-state index is 9.06. The maximum absolute atomic E-state index is 9.06. The number of nitrogens with zero attached hydrogens (tertiary/aromatic N) is 1. The molecule has 3 nitrogen and oxygen atoms in total. The number of hydrogen-bond acceptors (Lipinski definition) is 3. The summed E-state index contributed by atoms with van der Waals surface area (Å²) in [5.41, 5.74) is 8.97. The second kappa shape index (κ2) is 4.80. The highest BCUT2D eigenvalue weighted by Gasteiger charge is 2.08. The Hall–Kier alpha value is -2.47. The zero-order chi connectivity index (χ0) is 13.1. The van der Waals surface area contributed by atoms with E-state index in [1.807, 2.05) is 38.1 Å². The van der Waals surface area contributed by atoms with Crippen LogP contribution in [0.3, 0.4) is 0 Å². The van der Waals surface area contributed by atoms with E-state index in [-0.39, 0.29) is 0 Å². The van der Waals surface area contributed by atoms with Crippen molar-refractivity contribution in [1.82, 2.24) is 0 Å². The molecule has 0 radical (unpaired) electrons. The first kappa shape index (κ1) is 12.0. The molecule has 0 spiro atoms. The number of ether oxygens (including phenoxy) is 1. The van der Waals surface area contributed by atoms with Gasteiger partial charge in [-0.2, -0.15) is 5.26 Å². The third kappa shape index (κ3) is 2.28. The molecular formula is C15H14N2O. The van der Waals surface area contributed by atoms with Gasteiger partial charge in [0.15, 0.2) is 0 Å². The third-order valence-corrected chi connectivity index (χ3v) is 2.80. The maximum Gasteiger partial charge on any atom is 0.148 e. The van der Waals surface area contributed by atoms with E-state index in [0.717, 1.165) is 11.1 Å². The highest BCUT2D eigenvalue weighted by atomic mass is 16.5. The summed E-state index contributed by atoms with van der Waals surface area (Å²) in [7, 11) is 0. The minimum atomic E-state index is 0.522. The fraction of sp³-hybridized carbons (Fsp3) is 0.133. The molecule has 0 aliphatic heterocycles. The topological polar surface area (TPSA) is 59.0 Å². The summed E-state index contributed by atoms with van der Waals surface area (Å²) in [6, 6.07) is 13.1. The van der Waals surface area contributed by atoms with E-state index in [0.29, 0.717) is 22.7 Å². The molecule has 18 heavy (non-hydrogen) atoms. The Labute approximate surface area is 106 Å². The zero-order valence-electron chi connectivity index (χ0n) is 10.4. The number of anilines is 1. The fourth-order valence-corrected chi connectivity index (χ4v) is 1.68. The van der Waals surface area contributed by atoms with Crippen LogP contribution < -0.4 is 10.5 Å². The molecule has 0 bridgehead atoms. The molecular weight excluding hydrogens is 224 g/mol. The van der Waals surface area contributed by atoms with E-state index in [1.54, 1.807) is 12.1 Å². The van der Waals surface area contributed by atoms with Crippen molar-refractivity contribution in [2.24, 2.45) is 0 Å². The van der Waals surface area contributed by atoms with Crippen molar-refractivity contribution in [3.05, 3.63) is 53.1 Å². The summed E-state index contributed by atoms with van der Waals surface area (Å²) in [6.45, 7) is 3.85. The van der Waals surface area contributed by atoms with Crippen molar-refractivity contribution in [2.45, 2.75) is 13.8 Å². The molecule has 2 N–H and O–H groups in total. The molecule has 0 saturated heterocycles. The first-order valence-electron chi connectivity index (χ1n) is 5.65. The largest absolute Gasteiger partial charge is 0.456 e. The number of nitriles is 1. The molecule has 0 aliphatic carbocycles. The first-order chi connectivity index (χ1) is 8.61. The number of hydrogen-bond donors (Lipinski definition) is 1. The minimum Gasteiger partial charge on any atom is -0.456 e. The molecule has 0 amide bonds. The Balaban J connectivity index is 2.40. The van der Waals surface area contributed by atoms with Gasteiger partial charge in [0.2, 0.25) is 0 Å². The van der Waals surface area contributed by atoms with Crippen LogP contribution in [0.15, 0.2) is 36.4 Å². The van der Waals surface area contributed by atoms with Crippen molar-refractivity contribution in [1.29, 1.82) is 5.26 Å². The van der Waals surface area contributed by atoms with Crippen LogP contribution >= 0.6 is 0 Å². The number of para-hydroxylation sites is 1. The van der Waals surface area contributed by atoms with Crippen molar-refractivity contribution in [3.8, 4) is 17.6 Å². The molecule has 0 unspecified atom stereocenters. The van der Waals surface area contributed by atoms with Gasteiger partial charge in [-0.1, -0.05) is 18.2 Å². The Morgan fingerprint density at radius 2 is 1.89 bits per heavy atom. The Kier molecular flexibility index (Phi) is 3.20. The van der Waals surface area contributed by atoms with Gasteiger partial charge in [0, 0.05) is 11.8 Å². The fourth-order valence-electron chi connectivity index (χ4n) is 1.68. The number of rotatable bonds is 2. The lowest BCUT2D eigenvalue weighted by atomic mass is 10.1. The molecule has 2 rings (SSSR count). The summed E-state index contributed by atoms with van der Waals surface area (Å²) in [4.78, 5) is 0. The van der Waals surface area contributed by atoms with Crippen LogP contribution in [0.25, 0.3) is 0 Å². The smallest absolute Gasteiger partial charge is 0.148 e. The average molecular weight is 238 g/mol. The summed E-state index contributed by atoms with van der Waals surface area (Å²) < 4.78 is 5.76. The Morgan fingerprint density at radius 3 is 2.56 bits per heavy atom. The number of benzene rings is 2. The van der Waals surface area contributed by atoms with Gasteiger partial charge < -0.3 is 10.5 Å². The summed E-state index contributed by atoms with van der Waals surface area (Å²) in [5, 5.41) is 9.06. The second-order valence-corrected chi connectivity index (χ2v) is 4.18. The highest BCUT2D eigenvalue weighted by Crippen LogP contribution is 2.30. The Morgan fingerprint density at radius 1 is 1.11 bits per heavy atom. The van der Waals surface area contributed by atoms with Crippen LogP contribution in [0.4, 0.5) is 5.69 Å². The van der Waals surface area contributed by atoms with Crippen molar-refractivity contribution >= 4 is 5.69 Å². The zero-order valence-corrected chi connectivity index (χ0v) is 10.4. The van der Waals surface area contributed by atoms with E-state index in [2.05, 4.69) is 6.07 Å². The monoisotopic (exact) mass is 238 g/mol. The molecule has 2 aromatic rings. The van der Waals surface area contributed by atoms with E-state index in [1.165, 1.54) is 0 Å². The normalized spacial score (nSPS) is 9.83. The van der Waals surface area contributed by atoms with Crippen molar-refractivity contribution in [3.63, 3.8) is 0 Å². The predicted octanol–water partition coefficient (Wildman–Crippen LogP) is 3.55. The van der Waals surface area contributed by atoms with Gasteiger partial charge in [0.1, 0.15) is 17.6 Å². The average Bonchev–Trinajstić information content (AvgIpc) is 2.36. The molecule has 90 valence electrons. The first-order valence-corrected chi connectivity index (χ1v) is 5.65. The Bertz CT molecular complexity index is 627. The molecule has 0 heterocycles. The van der Waals surface area contributed by atoms with Crippen molar-refractivity contribution < 1.29 is 4.74 Å². The molecule has 3 heteroatoms. The van der Waals surface area contributed by atoms with E-state index < -0.39 is 0 Å². The lowest BCUT2D eigenvalue weighted by Crippen LogP contribution is -1.94. The van der Waals surface area contributed by atoms with Gasteiger partial charge in [-0.25, -0.2) is 0 Å². The summed E-state index contributed by atoms with van der Waals surface area (Å²) in [6.07, 6.45) is 0. The highest BCUT2D eigenvalue weighted by molar-refractivity contribution is 5.54.